The summed E-state index contributed by atoms with van der Waals surface area (Å²) in [6.07, 6.45) is 4.68. The van der Waals surface area contributed by atoms with Crippen molar-refractivity contribution in [3.63, 3.8) is 0 Å². The molecule has 0 aliphatic rings. The molecular formula is C16H22N2O3S. The van der Waals surface area contributed by atoms with E-state index >= 15 is 0 Å². The Hall–Kier alpha value is -1.95. The SMILES string of the molecule is CCCCCCC(=O)NC(=S)Nc1ccc(C(=O)OC)cc1. The van der Waals surface area contributed by atoms with Crippen molar-refractivity contribution in [3.05, 3.63) is 29.8 Å². The van der Waals surface area contributed by atoms with Crippen LogP contribution in [0.5, 0.6) is 0 Å². The average molecular weight is 322 g/mol. The molecular weight excluding hydrogens is 300 g/mol. The highest BCUT2D eigenvalue weighted by Gasteiger charge is 2.07. The molecule has 0 heterocycles. The first-order chi connectivity index (χ1) is 10.6. The van der Waals surface area contributed by atoms with Crippen LogP contribution in [0.2, 0.25) is 0 Å². The van der Waals surface area contributed by atoms with E-state index in [0.29, 0.717) is 17.7 Å². The molecule has 22 heavy (non-hydrogen) atoms. The van der Waals surface area contributed by atoms with Crippen molar-refractivity contribution in [2.24, 2.45) is 0 Å². The van der Waals surface area contributed by atoms with E-state index in [4.69, 9.17) is 12.2 Å². The maximum absolute atomic E-state index is 11.7. The summed E-state index contributed by atoms with van der Waals surface area (Å²) < 4.78 is 4.62. The van der Waals surface area contributed by atoms with Gasteiger partial charge in [-0.3, -0.25) is 4.79 Å². The minimum atomic E-state index is -0.394. The Morgan fingerprint density at radius 2 is 1.82 bits per heavy atom. The van der Waals surface area contributed by atoms with Crippen molar-refractivity contribution >= 4 is 34.9 Å². The van der Waals surface area contributed by atoms with Crippen LogP contribution in [-0.4, -0.2) is 24.1 Å². The molecule has 0 unspecified atom stereocenters. The minimum absolute atomic E-state index is 0.0835. The Bertz CT molecular complexity index is 515. The zero-order valence-corrected chi connectivity index (χ0v) is 13.8. The Labute approximate surface area is 136 Å². The molecule has 0 fully saturated rings. The highest BCUT2D eigenvalue weighted by atomic mass is 32.1. The van der Waals surface area contributed by atoms with Gasteiger partial charge in [-0.15, -0.1) is 0 Å². The molecule has 0 radical (unpaired) electrons. The van der Waals surface area contributed by atoms with Gasteiger partial charge < -0.3 is 15.4 Å². The Morgan fingerprint density at radius 1 is 1.14 bits per heavy atom. The number of hydrogen-bond donors (Lipinski definition) is 2. The van der Waals surface area contributed by atoms with Crippen LogP contribution in [0.25, 0.3) is 0 Å². The number of benzene rings is 1. The molecule has 1 amide bonds. The van der Waals surface area contributed by atoms with Gasteiger partial charge >= 0.3 is 5.97 Å². The van der Waals surface area contributed by atoms with Gasteiger partial charge in [0, 0.05) is 12.1 Å². The standard InChI is InChI=1S/C16H22N2O3S/c1-3-4-5-6-7-14(19)18-16(22)17-13-10-8-12(9-11-13)15(20)21-2/h8-11H,3-7H2,1-2H3,(H2,17,18,19,22). The molecule has 0 aliphatic heterocycles. The van der Waals surface area contributed by atoms with Gasteiger partial charge in [0.1, 0.15) is 0 Å². The number of ether oxygens (including phenoxy) is 1. The molecule has 5 nitrogen and oxygen atoms in total. The first-order valence-corrected chi connectivity index (χ1v) is 7.77. The van der Waals surface area contributed by atoms with E-state index in [2.05, 4.69) is 22.3 Å². The highest BCUT2D eigenvalue weighted by molar-refractivity contribution is 7.80. The van der Waals surface area contributed by atoms with Crippen molar-refractivity contribution in [2.45, 2.75) is 39.0 Å². The van der Waals surface area contributed by atoms with Crippen LogP contribution >= 0.6 is 12.2 Å². The third kappa shape index (κ3) is 6.67. The summed E-state index contributed by atoms with van der Waals surface area (Å²) in [4.78, 5) is 23.0. The molecule has 0 spiro atoms. The predicted molar refractivity (Wildman–Crippen MR) is 90.9 cm³/mol. The van der Waals surface area contributed by atoms with E-state index in [1.54, 1.807) is 24.3 Å². The van der Waals surface area contributed by atoms with E-state index in [-0.39, 0.29) is 11.0 Å². The summed E-state index contributed by atoms with van der Waals surface area (Å²) in [5.41, 5.74) is 1.16. The lowest BCUT2D eigenvalue weighted by atomic mass is 10.1. The average Bonchev–Trinajstić information content (AvgIpc) is 2.51. The van der Waals surface area contributed by atoms with Crippen molar-refractivity contribution < 1.29 is 14.3 Å². The number of carbonyl (C=O) groups excluding carboxylic acids is 2. The summed E-state index contributed by atoms with van der Waals surface area (Å²) >= 11 is 5.09. The summed E-state index contributed by atoms with van der Waals surface area (Å²) in [6.45, 7) is 2.13. The van der Waals surface area contributed by atoms with Gasteiger partial charge in [0.2, 0.25) is 5.91 Å². The largest absolute Gasteiger partial charge is 0.465 e. The number of methoxy groups -OCH3 is 1. The molecule has 0 saturated heterocycles. The zero-order chi connectivity index (χ0) is 16.4. The van der Waals surface area contributed by atoms with Gasteiger partial charge in [-0.2, -0.15) is 0 Å². The maximum Gasteiger partial charge on any atom is 0.337 e. The molecule has 2 N–H and O–H groups in total. The number of unbranched alkanes of at least 4 members (excludes halogenated alkanes) is 3. The Kier molecular flexibility index (Phi) is 8.14. The quantitative estimate of drug-likeness (QED) is 0.458. The minimum Gasteiger partial charge on any atom is -0.465 e. The Morgan fingerprint density at radius 3 is 2.41 bits per heavy atom. The third-order valence-electron chi connectivity index (χ3n) is 3.07. The third-order valence-corrected chi connectivity index (χ3v) is 3.28. The van der Waals surface area contributed by atoms with Gasteiger partial charge in [-0.25, -0.2) is 4.79 Å². The number of anilines is 1. The number of nitrogens with one attached hydrogen (secondary N) is 2. The second kappa shape index (κ2) is 9.89. The van der Waals surface area contributed by atoms with Crippen LogP contribution in [0, 0.1) is 0 Å². The summed E-state index contributed by atoms with van der Waals surface area (Å²) in [5.74, 6) is -0.478. The number of amides is 1. The van der Waals surface area contributed by atoms with Gasteiger partial charge in [0.05, 0.1) is 12.7 Å². The molecule has 120 valence electrons. The molecule has 6 heteroatoms. The maximum atomic E-state index is 11.7. The lowest BCUT2D eigenvalue weighted by Crippen LogP contribution is -2.33. The first kappa shape index (κ1) is 18.1. The summed E-state index contributed by atoms with van der Waals surface area (Å²) in [6, 6.07) is 6.66. The van der Waals surface area contributed by atoms with Crippen LogP contribution in [-0.2, 0) is 9.53 Å². The number of rotatable bonds is 7. The van der Waals surface area contributed by atoms with E-state index < -0.39 is 5.97 Å². The van der Waals surface area contributed by atoms with Gasteiger partial charge in [0.15, 0.2) is 5.11 Å². The van der Waals surface area contributed by atoms with Crippen LogP contribution in [0.3, 0.4) is 0 Å². The van der Waals surface area contributed by atoms with Crippen molar-refractivity contribution in [1.82, 2.24) is 5.32 Å². The van der Waals surface area contributed by atoms with Crippen LogP contribution < -0.4 is 10.6 Å². The lowest BCUT2D eigenvalue weighted by molar-refractivity contribution is -0.119. The van der Waals surface area contributed by atoms with E-state index in [9.17, 15) is 9.59 Å². The van der Waals surface area contributed by atoms with Crippen LogP contribution in [0.1, 0.15) is 49.4 Å². The molecule has 0 aromatic heterocycles. The topological polar surface area (TPSA) is 67.4 Å². The smallest absolute Gasteiger partial charge is 0.337 e. The number of carbonyl (C=O) groups is 2. The fourth-order valence-corrected chi connectivity index (χ4v) is 2.10. The fourth-order valence-electron chi connectivity index (χ4n) is 1.87. The monoisotopic (exact) mass is 322 g/mol. The van der Waals surface area contributed by atoms with Gasteiger partial charge in [-0.05, 0) is 42.9 Å². The number of hydrogen-bond acceptors (Lipinski definition) is 4. The van der Waals surface area contributed by atoms with E-state index in [1.807, 2.05) is 0 Å². The molecule has 0 bridgehead atoms. The second-order valence-electron chi connectivity index (χ2n) is 4.88. The normalized spacial score (nSPS) is 9.91. The molecule has 0 saturated carbocycles. The molecule has 0 atom stereocenters. The Balaban J connectivity index is 2.38. The second-order valence-corrected chi connectivity index (χ2v) is 5.29. The van der Waals surface area contributed by atoms with Gasteiger partial charge in [0.25, 0.3) is 0 Å². The van der Waals surface area contributed by atoms with E-state index in [1.165, 1.54) is 7.11 Å². The number of esters is 1. The van der Waals surface area contributed by atoms with Crippen LogP contribution in [0.4, 0.5) is 5.69 Å². The lowest BCUT2D eigenvalue weighted by Gasteiger charge is -2.10. The van der Waals surface area contributed by atoms with Crippen LogP contribution in [0.15, 0.2) is 24.3 Å². The predicted octanol–water partition coefficient (Wildman–Crippen LogP) is 3.26. The fraction of sp³-hybridized carbons (Fsp3) is 0.438. The highest BCUT2D eigenvalue weighted by Crippen LogP contribution is 2.10. The zero-order valence-electron chi connectivity index (χ0n) is 13.0. The summed E-state index contributed by atoms with van der Waals surface area (Å²) in [7, 11) is 1.33. The molecule has 1 aromatic carbocycles. The van der Waals surface area contributed by atoms with Crippen molar-refractivity contribution in [2.75, 3.05) is 12.4 Å². The van der Waals surface area contributed by atoms with Crippen molar-refractivity contribution in [3.8, 4) is 0 Å². The van der Waals surface area contributed by atoms with Gasteiger partial charge in [-0.1, -0.05) is 26.2 Å². The molecule has 1 aromatic rings. The van der Waals surface area contributed by atoms with Crippen molar-refractivity contribution in [1.29, 1.82) is 0 Å². The first-order valence-electron chi connectivity index (χ1n) is 7.36. The van der Waals surface area contributed by atoms with E-state index in [0.717, 1.165) is 25.7 Å². The molecule has 1 rings (SSSR count). The molecule has 0 aliphatic carbocycles. The summed E-state index contributed by atoms with van der Waals surface area (Å²) in [5, 5.41) is 5.81. The number of thiocarbonyl (C=S) groups is 1.